The van der Waals surface area contributed by atoms with Gasteiger partial charge in [0.15, 0.2) is 5.82 Å². The third-order valence-electron chi connectivity index (χ3n) is 3.51. The second-order valence-electron chi connectivity index (χ2n) is 4.64. The molecule has 0 bridgehead atoms. The van der Waals surface area contributed by atoms with Gasteiger partial charge in [-0.05, 0) is 6.07 Å². The topological polar surface area (TPSA) is 44.2 Å². The lowest BCUT2D eigenvalue weighted by molar-refractivity contribution is -0.189. The average molecular weight is 280 g/mol. The van der Waals surface area contributed by atoms with Crippen molar-refractivity contribution in [3.8, 4) is 0 Å². The molecule has 0 fully saturated rings. The average Bonchev–Trinajstić information content (AvgIpc) is 2.57. The van der Waals surface area contributed by atoms with Crippen molar-refractivity contribution in [2.24, 2.45) is 0 Å². The predicted molar refractivity (Wildman–Crippen MR) is 80.8 cm³/mol. The van der Waals surface area contributed by atoms with Crippen molar-refractivity contribution in [1.82, 2.24) is 9.97 Å². The number of hydrogen-bond donors (Lipinski definition) is 0. The Morgan fingerprint density at radius 2 is 1.52 bits per heavy atom. The minimum atomic E-state index is -1.11. The Hall–Kier alpha value is -2.30. The predicted octanol–water partition coefficient (Wildman–Crippen LogP) is 3.12. The van der Waals surface area contributed by atoms with Crippen LogP contribution in [0.3, 0.4) is 0 Å². The van der Waals surface area contributed by atoms with Crippen LogP contribution in [-0.2, 0) is 15.3 Å². The van der Waals surface area contributed by atoms with Crippen LogP contribution < -0.4 is 0 Å². The van der Waals surface area contributed by atoms with Crippen LogP contribution in [0.5, 0.6) is 0 Å². The van der Waals surface area contributed by atoms with E-state index in [4.69, 9.17) is 9.47 Å². The quantitative estimate of drug-likeness (QED) is 0.689. The van der Waals surface area contributed by atoms with Crippen molar-refractivity contribution in [2.75, 3.05) is 14.2 Å². The number of rotatable bonds is 4. The van der Waals surface area contributed by atoms with E-state index >= 15 is 0 Å². The van der Waals surface area contributed by atoms with Gasteiger partial charge in [-0.3, -0.25) is 0 Å². The molecule has 0 amide bonds. The van der Waals surface area contributed by atoms with E-state index in [-0.39, 0.29) is 0 Å². The van der Waals surface area contributed by atoms with E-state index in [0.717, 1.165) is 16.5 Å². The summed E-state index contributed by atoms with van der Waals surface area (Å²) in [5.41, 5.74) is 1.71. The van der Waals surface area contributed by atoms with E-state index in [1.165, 1.54) is 0 Å². The van der Waals surface area contributed by atoms with Crippen LogP contribution >= 0.6 is 0 Å². The Bertz CT molecular complexity index is 740. The SMILES string of the molecule is COC(OC)(c1ccccc1)c1ncc2ccccc2n1. The molecule has 3 aromatic rings. The first-order chi connectivity index (χ1) is 10.3. The van der Waals surface area contributed by atoms with E-state index < -0.39 is 5.79 Å². The summed E-state index contributed by atoms with van der Waals surface area (Å²) < 4.78 is 11.3. The van der Waals surface area contributed by atoms with Gasteiger partial charge in [0.2, 0.25) is 0 Å². The maximum absolute atomic E-state index is 5.66. The van der Waals surface area contributed by atoms with Crippen LogP contribution in [0.25, 0.3) is 10.9 Å². The fourth-order valence-corrected chi connectivity index (χ4v) is 2.42. The molecule has 0 aliphatic heterocycles. The molecule has 0 saturated carbocycles. The van der Waals surface area contributed by atoms with Crippen LogP contribution in [0, 0.1) is 0 Å². The zero-order valence-electron chi connectivity index (χ0n) is 12.0. The van der Waals surface area contributed by atoms with Crippen LogP contribution in [0.15, 0.2) is 60.8 Å². The van der Waals surface area contributed by atoms with Gasteiger partial charge in [0, 0.05) is 31.4 Å². The van der Waals surface area contributed by atoms with E-state index in [0.29, 0.717) is 5.82 Å². The fourth-order valence-electron chi connectivity index (χ4n) is 2.42. The van der Waals surface area contributed by atoms with Crippen LogP contribution in [0.2, 0.25) is 0 Å². The minimum absolute atomic E-state index is 0.484. The number of nitrogens with zero attached hydrogens (tertiary/aromatic N) is 2. The highest BCUT2D eigenvalue weighted by atomic mass is 16.7. The molecule has 3 rings (SSSR count). The number of para-hydroxylation sites is 1. The zero-order chi connectivity index (χ0) is 14.7. The molecular weight excluding hydrogens is 264 g/mol. The van der Waals surface area contributed by atoms with Gasteiger partial charge in [-0.15, -0.1) is 0 Å². The van der Waals surface area contributed by atoms with Gasteiger partial charge < -0.3 is 9.47 Å². The van der Waals surface area contributed by atoms with Crippen molar-refractivity contribution in [1.29, 1.82) is 0 Å². The van der Waals surface area contributed by atoms with Crippen LogP contribution in [0.4, 0.5) is 0 Å². The Morgan fingerprint density at radius 3 is 2.24 bits per heavy atom. The largest absolute Gasteiger partial charge is 0.343 e. The van der Waals surface area contributed by atoms with Crippen molar-refractivity contribution in [3.05, 3.63) is 72.2 Å². The standard InChI is InChI=1S/C17H16N2O2/c1-20-17(21-2,14-9-4-3-5-10-14)16-18-12-13-8-6-7-11-15(13)19-16/h3-12H,1-2H3. The molecule has 0 aliphatic rings. The highest BCUT2D eigenvalue weighted by Gasteiger charge is 2.37. The molecule has 0 unspecified atom stereocenters. The molecule has 4 heteroatoms. The maximum atomic E-state index is 5.66. The molecule has 0 atom stereocenters. The van der Waals surface area contributed by atoms with Gasteiger partial charge in [0.05, 0.1) is 5.52 Å². The third kappa shape index (κ3) is 2.28. The van der Waals surface area contributed by atoms with Crippen molar-refractivity contribution < 1.29 is 9.47 Å². The molecule has 1 aromatic heterocycles. The Kier molecular flexibility index (Phi) is 3.64. The van der Waals surface area contributed by atoms with E-state index in [1.54, 1.807) is 20.4 Å². The highest BCUT2D eigenvalue weighted by Crippen LogP contribution is 2.32. The summed E-state index contributed by atoms with van der Waals surface area (Å²) in [5, 5.41) is 0.982. The monoisotopic (exact) mass is 280 g/mol. The Balaban J connectivity index is 2.19. The molecule has 0 aliphatic carbocycles. The Morgan fingerprint density at radius 1 is 0.857 bits per heavy atom. The first-order valence-electron chi connectivity index (χ1n) is 6.68. The number of aromatic nitrogens is 2. The van der Waals surface area contributed by atoms with Gasteiger partial charge in [0.1, 0.15) is 0 Å². The van der Waals surface area contributed by atoms with E-state index in [2.05, 4.69) is 9.97 Å². The van der Waals surface area contributed by atoms with Crippen LogP contribution in [0.1, 0.15) is 11.4 Å². The van der Waals surface area contributed by atoms with Gasteiger partial charge in [-0.2, -0.15) is 0 Å². The molecule has 0 N–H and O–H groups in total. The fraction of sp³-hybridized carbons (Fsp3) is 0.176. The zero-order valence-corrected chi connectivity index (χ0v) is 12.0. The second-order valence-corrected chi connectivity index (χ2v) is 4.64. The summed E-state index contributed by atoms with van der Waals surface area (Å²) >= 11 is 0. The highest BCUT2D eigenvalue weighted by molar-refractivity contribution is 5.77. The number of fused-ring (bicyclic) bond motifs is 1. The lowest BCUT2D eigenvalue weighted by Gasteiger charge is -2.29. The number of benzene rings is 2. The smallest absolute Gasteiger partial charge is 0.257 e. The van der Waals surface area contributed by atoms with Crippen molar-refractivity contribution >= 4 is 10.9 Å². The molecule has 0 spiro atoms. The van der Waals surface area contributed by atoms with Gasteiger partial charge >= 0.3 is 0 Å². The molecule has 2 aromatic carbocycles. The van der Waals surface area contributed by atoms with Gasteiger partial charge in [0.25, 0.3) is 5.79 Å². The number of hydrogen-bond acceptors (Lipinski definition) is 4. The summed E-state index contributed by atoms with van der Waals surface area (Å²) in [6, 6.07) is 17.5. The van der Waals surface area contributed by atoms with Crippen LogP contribution in [-0.4, -0.2) is 24.2 Å². The summed E-state index contributed by atoms with van der Waals surface area (Å²) in [6.07, 6.45) is 1.79. The summed E-state index contributed by atoms with van der Waals surface area (Å²) in [6.45, 7) is 0. The number of methoxy groups -OCH3 is 2. The summed E-state index contributed by atoms with van der Waals surface area (Å²) in [5.74, 6) is -0.622. The molecular formula is C17H16N2O2. The molecule has 21 heavy (non-hydrogen) atoms. The van der Waals surface area contributed by atoms with Gasteiger partial charge in [-0.1, -0.05) is 48.5 Å². The Labute approximate surface area is 123 Å². The lowest BCUT2D eigenvalue weighted by Crippen LogP contribution is -2.34. The molecule has 1 heterocycles. The van der Waals surface area contributed by atoms with Crippen molar-refractivity contribution in [3.63, 3.8) is 0 Å². The maximum Gasteiger partial charge on any atom is 0.257 e. The minimum Gasteiger partial charge on any atom is -0.343 e. The normalized spacial score (nSPS) is 11.7. The third-order valence-corrected chi connectivity index (χ3v) is 3.51. The van der Waals surface area contributed by atoms with E-state index in [1.807, 2.05) is 54.6 Å². The van der Waals surface area contributed by atoms with E-state index in [9.17, 15) is 0 Å². The first-order valence-corrected chi connectivity index (χ1v) is 6.68. The molecule has 4 nitrogen and oxygen atoms in total. The molecule has 0 saturated heterocycles. The number of ether oxygens (including phenoxy) is 2. The first kappa shape index (κ1) is 13.7. The van der Waals surface area contributed by atoms with Gasteiger partial charge in [-0.25, -0.2) is 9.97 Å². The second kappa shape index (κ2) is 5.60. The molecule has 0 radical (unpaired) electrons. The summed E-state index contributed by atoms with van der Waals surface area (Å²) in [4.78, 5) is 9.04. The lowest BCUT2D eigenvalue weighted by atomic mass is 10.0. The molecule has 106 valence electrons. The summed E-state index contributed by atoms with van der Waals surface area (Å²) in [7, 11) is 3.18. The van der Waals surface area contributed by atoms with Crippen molar-refractivity contribution in [2.45, 2.75) is 5.79 Å².